The first kappa shape index (κ1) is 23.0. The number of amides is 2. The first-order valence-electron chi connectivity index (χ1n) is 12.3. The summed E-state index contributed by atoms with van der Waals surface area (Å²) >= 11 is 0. The number of carbonyl (C=O) groups is 2. The zero-order valence-electron chi connectivity index (χ0n) is 20.4. The highest BCUT2D eigenvalue weighted by Crippen LogP contribution is 2.33. The fourth-order valence-corrected chi connectivity index (χ4v) is 4.76. The third-order valence-corrected chi connectivity index (χ3v) is 6.82. The normalized spacial score (nSPS) is 15.8. The minimum Gasteiger partial charge on any atom is -0.423 e. The van der Waals surface area contributed by atoms with Crippen LogP contribution in [-0.4, -0.2) is 67.6 Å². The lowest BCUT2D eigenvalue weighted by atomic mass is 9.97. The quantitative estimate of drug-likeness (QED) is 0.388. The average Bonchev–Trinajstić information content (AvgIpc) is 3.60. The van der Waals surface area contributed by atoms with Gasteiger partial charge < -0.3 is 25.3 Å². The summed E-state index contributed by atoms with van der Waals surface area (Å²) in [7, 11) is 1.80. The van der Waals surface area contributed by atoms with Gasteiger partial charge in [-0.25, -0.2) is 9.97 Å². The van der Waals surface area contributed by atoms with Gasteiger partial charge in [-0.3, -0.25) is 14.3 Å². The van der Waals surface area contributed by atoms with E-state index >= 15 is 0 Å². The Labute approximate surface area is 212 Å². The van der Waals surface area contributed by atoms with Crippen molar-refractivity contribution in [3.05, 3.63) is 53.7 Å². The fraction of sp³-hybridized carbons (Fsp3) is 0.360. The van der Waals surface area contributed by atoms with Gasteiger partial charge in [-0.2, -0.15) is 10.1 Å². The van der Waals surface area contributed by atoms with Crippen molar-refractivity contribution < 1.29 is 14.0 Å². The highest BCUT2D eigenvalue weighted by molar-refractivity contribution is 5.96. The Kier molecular flexibility index (Phi) is 5.70. The number of benzene rings is 1. The zero-order chi connectivity index (χ0) is 25.5. The first-order valence-corrected chi connectivity index (χ1v) is 12.3. The number of likely N-dealkylation sites (tertiary alicyclic amines) is 1. The molecule has 12 heteroatoms. The van der Waals surface area contributed by atoms with E-state index in [1.807, 2.05) is 28.0 Å². The van der Waals surface area contributed by atoms with E-state index in [9.17, 15) is 9.59 Å². The standard InChI is InChI=1S/C25H27N9O3/c1-32-14-17(10-28-32)29-24-22(23(26)36)30-19(11-27-24)16-12-34(13-16)25-31-18-5-4-15(8-20(18)37-25)9-21(35)33-6-2-3-7-33/h4-5,8,10-11,14,16H,2-3,6-7,9,12-13H2,1H3,(H2,26,36)(H,27,29). The predicted molar refractivity (Wildman–Crippen MR) is 136 cm³/mol. The summed E-state index contributed by atoms with van der Waals surface area (Å²) < 4.78 is 7.65. The van der Waals surface area contributed by atoms with Crippen molar-refractivity contribution in [1.82, 2.24) is 29.6 Å². The maximum Gasteiger partial charge on any atom is 0.298 e. The number of carbonyl (C=O) groups excluding carboxylic acids is 2. The van der Waals surface area contributed by atoms with Crippen molar-refractivity contribution in [2.45, 2.75) is 25.2 Å². The van der Waals surface area contributed by atoms with Gasteiger partial charge in [0.15, 0.2) is 17.1 Å². The zero-order valence-corrected chi connectivity index (χ0v) is 20.4. The molecule has 12 nitrogen and oxygen atoms in total. The van der Waals surface area contributed by atoms with Crippen LogP contribution in [-0.2, 0) is 18.3 Å². The molecule has 2 aliphatic rings. The molecule has 190 valence electrons. The minimum atomic E-state index is -0.658. The number of oxazole rings is 1. The average molecular weight is 502 g/mol. The molecule has 2 amide bonds. The third kappa shape index (κ3) is 4.57. The summed E-state index contributed by atoms with van der Waals surface area (Å²) in [5, 5.41) is 7.14. The highest BCUT2D eigenvalue weighted by Gasteiger charge is 2.33. The van der Waals surface area contributed by atoms with Gasteiger partial charge in [0, 0.05) is 45.3 Å². The number of hydrogen-bond donors (Lipinski definition) is 2. The number of primary amides is 1. The van der Waals surface area contributed by atoms with Crippen LogP contribution in [0.15, 0.2) is 41.2 Å². The summed E-state index contributed by atoms with van der Waals surface area (Å²) in [6.07, 6.45) is 7.56. The van der Waals surface area contributed by atoms with Crippen LogP contribution in [0, 0.1) is 0 Å². The molecule has 0 unspecified atom stereocenters. The smallest absolute Gasteiger partial charge is 0.298 e. The van der Waals surface area contributed by atoms with Crippen LogP contribution in [0.1, 0.15) is 40.5 Å². The molecule has 1 aromatic carbocycles. The SMILES string of the molecule is Cn1cc(Nc2ncc(C3CN(c4nc5ccc(CC(=O)N6CCCC6)cc5o4)C3)nc2C(N)=O)cn1. The second-order valence-corrected chi connectivity index (χ2v) is 9.55. The van der Waals surface area contributed by atoms with Crippen molar-refractivity contribution in [3.8, 4) is 0 Å². The molecule has 0 atom stereocenters. The molecule has 0 aliphatic carbocycles. The van der Waals surface area contributed by atoms with E-state index in [4.69, 9.17) is 10.2 Å². The lowest BCUT2D eigenvalue weighted by molar-refractivity contribution is -0.129. The van der Waals surface area contributed by atoms with Crippen LogP contribution >= 0.6 is 0 Å². The second-order valence-electron chi connectivity index (χ2n) is 9.55. The molecule has 6 rings (SSSR count). The molecular weight excluding hydrogens is 474 g/mol. The summed E-state index contributed by atoms with van der Waals surface area (Å²) in [6.45, 7) is 2.93. The number of nitrogens with zero attached hydrogens (tertiary/aromatic N) is 7. The molecule has 2 aliphatic heterocycles. The monoisotopic (exact) mass is 501 g/mol. The van der Waals surface area contributed by atoms with Crippen molar-refractivity contribution in [2.75, 3.05) is 36.4 Å². The Morgan fingerprint density at radius 2 is 1.97 bits per heavy atom. The molecule has 37 heavy (non-hydrogen) atoms. The molecule has 0 saturated carbocycles. The summed E-state index contributed by atoms with van der Waals surface area (Å²) in [5.74, 6) is -0.157. The number of rotatable bonds is 7. The van der Waals surface area contributed by atoms with Crippen LogP contribution in [0.5, 0.6) is 0 Å². The van der Waals surface area contributed by atoms with Crippen molar-refractivity contribution >= 4 is 40.4 Å². The predicted octanol–water partition coefficient (Wildman–Crippen LogP) is 1.96. The number of fused-ring (bicyclic) bond motifs is 1. The fourth-order valence-electron chi connectivity index (χ4n) is 4.76. The topological polar surface area (TPSA) is 148 Å². The van der Waals surface area contributed by atoms with Gasteiger partial charge in [-0.1, -0.05) is 6.07 Å². The second kappa shape index (κ2) is 9.19. The number of nitrogens with one attached hydrogen (secondary N) is 1. The number of aromatic nitrogens is 5. The summed E-state index contributed by atoms with van der Waals surface area (Å²) in [5.41, 5.74) is 9.35. The van der Waals surface area contributed by atoms with Crippen molar-refractivity contribution in [3.63, 3.8) is 0 Å². The Bertz CT molecular complexity index is 1480. The Balaban J connectivity index is 1.13. The van der Waals surface area contributed by atoms with Gasteiger partial charge in [-0.05, 0) is 30.5 Å². The van der Waals surface area contributed by atoms with Crippen LogP contribution < -0.4 is 16.0 Å². The Morgan fingerprint density at radius 1 is 1.16 bits per heavy atom. The van der Waals surface area contributed by atoms with Gasteiger partial charge >= 0.3 is 0 Å². The Morgan fingerprint density at radius 3 is 2.70 bits per heavy atom. The largest absolute Gasteiger partial charge is 0.423 e. The maximum atomic E-state index is 12.5. The molecule has 3 N–H and O–H groups in total. The van der Waals surface area contributed by atoms with Crippen LogP contribution in [0.2, 0.25) is 0 Å². The van der Waals surface area contributed by atoms with Crippen LogP contribution in [0.3, 0.4) is 0 Å². The minimum absolute atomic E-state index is 0.0571. The molecule has 3 aromatic heterocycles. The molecule has 5 heterocycles. The molecule has 0 bridgehead atoms. The summed E-state index contributed by atoms with van der Waals surface area (Å²) in [4.78, 5) is 42.0. The first-order chi connectivity index (χ1) is 17.9. The van der Waals surface area contributed by atoms with E-state index in [1.165, 1.54) is 0 Å². The Hall–Kier alpha value is -4.48. The van der Waals surface area contributed by atoms with E-state index in [0.717, 1.165) is 37.0 Å². The van der Waals surface area contributed by atoms with E-state index in [-0.39, 0.29) is 17.5 Å². The number of aryl methyl sites for hydroxylation is 1. The van der Waals surface area contributed by atoms with Crippen molar-refractivity contribution in [1.29, 1.82) is 0 Å². The van der Waals surface area contributed by atoms with Gasteiger partial charge in [0.05, 0.1) is 30.2 Å². The lowest BCUT2D eigenvalue weighted by Crippen LogP contribution is -2.45. The number of anilines is 3. The van der Waals surface area contributed by atoms with Crippen LogP contribution in [0.25, 0.3) is 11.1 Å². The molecule has 2 fully saturated rings. The summed E-state index contributed by atoms with van der Waals surface area (Å²) in [6, 6.07) is 6.25. The number of nitrogens with two attached hydrogens (primary N) is 1. The molecule has 4 aromatic rings. The molecular formula is C25H27N9O3. The van der Waals surface area contributed by atoms with Crippen LogP contribution in [0.4, 0.5) is 17.5 Å². The molecule has 0 radical (unpaired) electrons. The lowest BCUT2D eigenvalue weighted by Gasteiger charge is -2.37. The highest BCUT2D eigenvalue weighted by atomic mass is 16.4. The van der Waals surface area contributed by atoms with Gasteiger partial charge in [0.25, 0.3) is 11.9 Å². The number of hydrogen-bond acceptors (Lipinski definition) is 9. The maximum absolute atomic E-state index is 12.5. The van der Waals surface area contributed by atoms with E-state index in [1.54, 1.807) is 30.3 Å². The van der Waals surface area contributed by atoms with E-state index < -0.39 is 5.91 Å². The van der Waals surface area contributed by atoms with Gasteiger partial charge in [0.2, 0.25) is 5.91 Å². The van der Waals surface area contributed by atoms with Crippen molar-refractivity contribution in [2.24, 2.45) is 12.8 Å². The molecule has 0 spiro atoms. The van der Waals surface area contributed by atoms with Gasteiger partial charge in [-0.15, -0.1) is 0 Å². The van der Waals surface area contributed by atoms with E-state index in [0.29, 0.717) is 48.3 Å². The molecule has 2 saturated heterocycles. The third-order valence-electron chi connectivity index (χ3n) is 6.82. The van der Waals surface area contributed by atoms with E-state index in [2.05, 4.69) is 25.4 Å². The van der Waals surface area contributed by atoms with Gasteiger partial charge in [0.1, 0.15) is 5.52 Å².